The van der Waals surface area contributed by atoms with Gasteiger partial charge < -0.3 is 29.2 Å². The molecular formula is C35H51N6O8P. The maximum absolute atomic E-state index is 14.6. The average Bonchev–Trinajstić information content (AvgIpc) is 3.72. The van der Waals surface area contributed by atoms with Gasteiger partial charge in [-0.05, 0) is 68.7 Å². The first kappa shape index (κ1) is 37.9. The molecule has 2 saturated heterocycles. The van der Waals surface area contributed by atoms with Crippen LogP contribution in [0.3, 0.4) is 0 Å². The number of nitrogens with zero attached hydrogens (tertiary/aromatic N) is 4. The summed E-state index contributed by atoms with van der Waals surface area (Å²) in [4.78, 5) is 21.4. The minimum absolute atomic E-state index is 0.0754. The van der Waals surface area contributed by atoms with Gasteiger partial charge in [0.15, 0.2) is 17.2 Å². The van der Waals surface area contributed by atoms with Crippen molar-refractivity contribution < 1.29 is 37.4 Å². The molecule has 50 heavy (non-hydrogen) atoms. The van der Waals surface area contributed by atoms with Gasteiger partial charge >= 0.3 is 13.7 Å². The lowest BCUT2D eigenvalue weighted by molar-refractivity contribution is -0.213. The van der Waals surface area contributed by atoms with Gasteiger partial charge in [-0.3, -0.25) is 14.3 Å². The van der Waals surface area contributed by atoms with Gasteiger partial charge in [0.25, 0.3) is 0 Å². The molecule has 0 radical (unpaired) electrons. The van der Waals surface area contributed by atoms with Gasteiger partial charge in [-0.25, -0.2) is 14.1 Å². The number of nitrogens with two attached hydrogens (primary N) is 1. The fourth-order valence-electron chi connectivity index (χ4n) is 6.36. The fraction of sp³-hybridized carbons (Fsp3) is 0.600. The lowest BCUT2D eigenvalue weighted by Crippen LogP contribution is -2.44. The molecule has 6 atom stereocenters. The normalized spacial score (nSPS) is 24.9. The van der Waals surface area contributed by atoms with E-state index in [0.29, 0.717) is 22.8 Å². The molecule has 15 heteroatoms. The number of aliphatic imine (C=N–C) groups is 1. The zero-order valence-electron chi connectivity index (χ0n) is 30.3. The van der Waals surface area contributed by atoms with Crippen molar-refractivity contribution in [1.29, 1.82) is 0 Å². The monoisotopic (exact) mass is 714 g/mol. The SMILES string of the molecule is C=NC[C@@]1(c2ccc3c(N)ncnn23)O[C@H](COP(=O)(N[C@@H](C)C(=O)OCC(CC)CC)Oc2ccc(C(C)(C)C)cc2)[C@H]2OC(C)(C)O[C@H]21. The molecule has 2 fully saturated rings. The molecule has 2 aromatic heterocycles. The molecule has 0 aliphatic carbocycles. The van der Waals surface area contributed by atoms with E-state index in [9.17, 15) is 9.36 Å². The average molecular weight is 715 g/mol. The zero-order valence-corrected chi connectivity index (χ0v) is 31.1. The first-order valence-corrected chi connectivity index (χ1v) is 18.6. The summed E-state index contributed by atoms with van der Waals surface area (Å²) in [6, 6.07) is 9.84. The summed E-state index contributed by atoms with van der Waals surface area (Å²) < 4.78 is 53.5. The second-order valence-electron chi connectivity index (χ2n) is 14.4. The summed E-state index contributed by atoms with van der Waals surface area (Å²) in [6.07, 6.45) is 0.896. The number of rotatable bonds is 15. The van der Waals surface area contributed by atoms with Gasteiger partial charge in [0.1, 0.15) is 41.9 Å². The molecule has 14 nitrogen and oxygen atoms in total. The van der Waals surface area contributed by atoms with Crippen LogP contribution in [-0.4, -0.2) is 77.2 Å². The summed E-state index contributed by atoms with van der Waals surface area (Å²) in [7, 11) is -4.26. The first-order valence-electron chi connectivity index (χ1n) is 17.1. The lowest BCUT2D eigenvalue weighted by Gasteiger charge is -2.33. The van der Waals surface area contributed by atoms with E-state index in [1.165, 1.54) is 6.33 Å². The molecule has 2 aliphatic rings. The number of anilines is 1. The molecule has 0 spiro atoms. The molecule has 3 N–H and O–H groups in total. The van der Waals surface area contributed by atoms with Crippen LogP contribution in [0.1, 0.15) is 79.5 Å². The Morgan fingerprint density at radius 2 is 1.84 bits per heavy atom. The Balaban J connectivity index is 1.44. The van der Waals surface area contributed by atoms with Crippen molar-refractivity contribution in [3.05, 3.63) is 54.0 Å². The van der Waals surface area contributed by atoms with Crippen LogP contribution in [0.5, 0.6) is 5.75 Å². The highest BCUT2D eigenvalue weighted by Crippen LogP contribution is 2.52. The number of hydrogen-bond acceptors (Lipinski definition) is 12. The van der Waals surface area contributed by atoms with E-state index in [4.69, 9.17) is 33.7 Å². The van der Waals surface area contributed by atoms with Gasteiger partial charge in [0.05, 0.1) is 25.5 Å². The third-order valence-corrected chi connectivity index (χ3v) is 10.9. The number of carbonyl (C=O) groups is 1. The van der Waals surface area contributed by atoms with Gasteiger partial charge in [-0.2, -0.15) is 10.2 Å². The quantitative estimate of drug-likeness (QED) is 0.114. The molecule has 1 aromatic carbocycles. The molecule has 0 saturated carbocycles. The van der Waals surface area contributed by atoms with E-state index in [1.54, 1.807) is 43.5 Å². The van der Waals surface area contributed by atoms with Gasteiger partial charge in [-0.1, -0.05) is 59.6 Å². The Kier molecular flexibility index (Phi) is 11.1. The molecule has 4 heterocycles. The van der Waals surface area contributed by atoms with E-state index in [1.807, 2.05) is 32.0 Å². The Morgan fingerprint density at radius 3 is 2.48 bits per heavy atom. The second-order valence-corrected chi connectivity index (χ2v) is 16.1. The molecule has 3 aromatic rings. The predicted octanol–water partition coefficient (Wildman–Crippen LogP) is 5.59. The lowest BCUT2D eigenvalue weighted by atomic mass is 9.87. The van der Waals surface area contributed by atoms with Crippen molar-refractivity contribution >= 4 is 31.8 Å². The number of ether oxygens (including phenoxy) is 4. The maximum atomic E-state index is 14.6. The van der Waals surface area contributed by atoms with Crippen molar-refractivity contribution in [2.24, 2.45) is 10.9 Å². The number of nitrogens with one attached hydrogen (secondary N) is 1. The Bertz CT molecular complexity index is 1710. The highest BCUT2D eigenvalue weighted by molar-refractivity contribution is 7.52. The molecule has 1 unspecified atom stereocenters. The Labute approximate surface area is 294 Å². The van der Waals surface area contributed by atoms with Crippen LogP contribution < -0.4 is 15.3 Å². The summed E-state index contributed by atoms with van der Waals surface area (Å²) in [6.45, 7) is 19.4. The Morgan fingerprint density at radius 1 is 1.14 bits per heavy atom. The smallest absolute Gasteiger partial charge is 0.459 e. The van der Waals surface area contributed by atoms with Crippen LogP contribution in [0.2, 0.25) is 0 Å². The van der Waals surface area contributed by atoms with Crippen molar-refractivity contribution in [2.45, 2.75) is 109 Å². The molecule has 0 bridgehead atoms. The largest absolute Gasteiger partial charge is 0.464 e. The summed E-state index contributed by atoms with van der Waals surface area (Å²) in [5.41, 5.74) is 7.04. The number of aromatic nitrogens is 3. The van der Waals surface area contributed by atoms with Crippen LogP contribution in [0.4, 0.5) is 5.82 Å². The van der Waals surface area contributed by atoms with Crippen LogP contribution in [0, 0.1) is 5.92 Å². The molecular weight excluding hydrogens is 663 g/mol. The van der Waals surface area contributed by atoms with Crippen molar-refractivity contribution in [1.82, 2.24) is 19.7 Å². The fourth-order valence-corrected chi connectivity index (χ4v) is 7.87. The maximum Gasteiger partial charge on any atom is 0.459 e. The van der Waals surface area contributed by atoms with Crippen LogP contribution in [0.15, 0.2) is 47.7 Å². The van der Waals surface area contributed by atoms with Gasteiger partial charge in [0, 0.05) is 0 Å². The van der Waals surface area contributed by atoms with E-state index in [2.05, 4.69) is 47.7 Å². The predicted molar refractivity (Wildman–Crippen MR) is 189 cm³/mol. The third-order valence-electron chi connectivity index (χ3n) is 9.25. The number of hydrogen-bond donors (Lipinski definition) is 2. The molecule has 5 rings (SSSR count). The van der Waals surface area contributed by atoms with Crippen molar-refractivity contribution in [3.8, 4) is 5.75 Å². The van der Waals surface area contributed by atoms with Crippen LogP contribution >= 0.6 is 7.75 Å². The number of benzene rings is 1. The molecule has 274 valence electrons. The minimum Gasteiger partial charge on any atom is -0.464 e. The zero-order chi connectivity index (χ0) is 36.5. The van der Waals surface area contributed by atoms with Gasteiger partial charge in [0.2, 0.25) is 0 Å². The van der Waals surface area contributed by atoms with E-state index >= 15 is 0 Å². The van der Waals surface area contributed by atoms with E-state index in [0.717, 1.165) is 18.4 Å². The highest BCUT2D eigenvalue weighted by Gasteiger charge is 2.64. The molecule has 2 aliphatic heterocycles. The number of nitrogen functional groups attached to an aromatic ring is 1. The highest BCUT2D eigenvalue weighted by atomic mass is 31.2. The summed E-state index contributed by atoms with van der Waals surface area (Å²) >= 11 is 0. The Hall–Kier alpha value is -3.39. The van der Waals surface area contributed by atoms with E-state index < -0.39 is 49.5 Å². The van der Waals surface area contributed by atoms with Gasteiger partial charge in [-0.15, -0.1) is 0 Å². The first-order chi connectivity index (χ1) is 23.5. The molecule has 0 amide bonds. The van der Waals surface area contributed by atoms with E-state index in [-0.39, 0.29) is 31.1 Å². The number of fused-ring (bicyclic) bond motifs is 2. The third kappa shape index (κ3) is 7.90. The minimum atomic E-state index is -4.26. The van der Waals surface area contributed by atoms with Crippen molar-refractivity contribution in [3.63, 3.8) is 0 Å². The van der Waals surface area contributed by atoms with Crippen LogP contribution in [0.25, 0.3) is 5.52 Å². The second kappa shape index (κ2) is 14.7. The number of esters is 1. The standard InChI is InChI=1S/C35H51N6O8P/c1-10-23(11-2)18-44-32(42)22(3)40-50(43,49-25-14-12-24(13-15-25)33(4,5)6)45-19-27-29-30(48-34(7,8)47-29)35(46-27,20-37-9)28-17-16-26-31(36)38-21-39-41(26)28/h12-17,21-23,27,29-30H,9-11,18-20H2,1-8H3,(H,40,43)(H2,36,38,39)/t22-,27+,29+,30+,35-,50?/m0/s1. The summed E-state index contributed by atoms with van der Waals surface area (Å²) in [5, 5.41) is 7.22. The summed E-state index contributed by atoms with van der Waals surface area (Å²) in [5.74, 6) is -0.760. The van der Waals surface area contributed by atoms with Crippen molar-refractivity contribution in [2.75, 3.05) is 25.5 Å². The van der Waals surface area contributed by atoms with Crippen LogP contribution in [-0.2, 0) is 43.8 Å². The number of carbonyl (C=O) groups excluding carboxylic acids is 1. The topological polar surface area (TPSA) is 170 Å².